The predicted molar refractivity (Wildman–Crippen MR) is 71.5 cm³/mol. The van der Waals surface area contributed by atoms with E-state index in [1.54, 1.807) is 7.11 Å². The van der Waals surface area contributed by atoms with Crippen molar-refractivity contribution in [2.75, 3.05) is 20.3 Å². The third-order valence-electron chi connectivity index (χ3n) is 2.83. The van der Waals surface area contributed by atoms with Crippen LogP contribution >= 0.6 is 23.1 Å². The molecule has 0 aliphatic carbocycles. The van der Waals surface area contributed by atoms with Gasteiger partial charge in [0, 0.05) is 25.0 Å². The Labute approximate surface area is 106 Å². The number of fused-ring (bicyclic) bond motifs is 1. The van der Waals surface area contributed by atoms with Gasteiger partial charge in [-0.05, 0) is 36.4 Å². The van der Waals surface area contributed by atoms with Crippen LogP contribution in [-0.4, -0.2) is 25.5 Å². The van der Waals surface area contributed by atoms with Crippen LogP contribution in [0.3, 0.4) is 0 Å². The standard InChI is InChI=1S/C12H19NOS2/c1-9-8-11(13-5-3-6-14-2)10-4-7-15-12(10)16-9/h4,7,9,11,13H,3,5-6,8H2,1-2H3/t9-,11?/m0/s1. The second-order valence-electron chi connectivity index (χ2n) is 4.18. The summed E-state index contributed by atoms with van der Waals surface area (Å²) in [6.45, 7) is 4.21. The third kappa shape index (κ3) is 3.00. The van der Waals surface area contributed by atoms with E-state index in [-0.39, 0.29) is 0 Å². The number of hydrogen-bond acceptors (Lipinski definition) is 4. The van der Waals surface area contributed by atoms with E-state index in [9.17, 15) is 0 Å². The SMILES string of the molecule is COCCCNC1C[C@H](C)Sc2sccc21. The first kappa shape index (κ1) is 12.4. The molecule has 1 aliphatic heterocycles. The minimum atomic E-state index is 0.550. The number of thiophene rings is 1. The van der Waals surface area contributed by atoms with Gasteiger partial charge in [0.05, 0.1) is 4.21 Å². The summed E-state index contributed by atoms with van der Waals surface area (Å²) in [6, 6.07) is 2.82. The minimum Gasteiger partial charge on any atom is -0.385 e. The zero-order valence-corrected chi connectivity index (χ0v) is 11.5. The van der Waals surface area contributed by atoms with Crippen molar-refractivity contribution < 1.29 is 4.74 Å². The normalized spacial score (nSPS) is 24.4. The molecular formula is C12H19NOS2. The Bertz CT molecular complexity index is 327. The largest absolute Gasteiger partial charge is 0.385 e. The summed E-state index contributed by atoms with van der Waals surface area (Å²) < 4.78 is 6.57. The lowest BCUT2D eigenvalue weighted by Gasteiger charge is -2.27. The van der Waals surface area contributed by atoms with Gasteiger partial charge in [-0.25, -0.2) is 0 Å². The molecule has 0 aromatic carbocycles. The molecule has 0 spiro atoms. The van der Waals surface area contributed by atoms with Gasteiger partial charge in [-0.2, -0.15) is 0 Å². The lowest BCUT2D eigenvalue weighted by molar-refractivity contribution is 0.193. The molecular weight excluding hydrogens is 238 g/mol. The van der Waals surface area contributed by atoms with E-state index in [0.29, 0.717) is 6.04 Å². The maximum atomic E-state index is 5.06. The van der Waals surface area contributed by atoms with E-state index in [0.717, 1.165) is 24.8 Å². The topological polar surface area (TPSA) is 21.3 Å². The summed E-state index contributed by atoms with van der Waals surface area (Å²) >= 11 is 3.89. The zero-order valence-electron chi connectivity index (χ0n) is 9.86. The maximum absolute atomic E-state index is 5.06. The molecule has 1 unspecified atom stereocenters. The van der Waals surface area contributed by atoms with Crippen molar-refractivity contribution in [2.45, 2.75) is 35.3 Å². The molecule has 1 aliphatic rings. The van der Waals surface area contributed by atoms with Crippen molar-refractivity contribution in [3.63, 3.8) is 0 Å². The van der Waals surface area contributed by atoms with E-state index >= 15 is 0 Å². The fraction of sp³-hybridized carbons (Fsp3) is 0.667. The smallest absolute Gasteiger partial charge is 0.0649 e. The summed E-state index contributed by atoms with van der Waals surface area (Å²) in [6.07, 6.45) is 2.33. The molecule has 0 bridgehead atoms. The third-order valence-corrected chi connectivity index (χ3v) is 5.17. The molecule has 1 N–H and O–H groups in total. The highest BCUT2D eigenvalue weighted by atomic mass is 32.2. The molecule has 2 rings (SSSR count). The van der Waals surface area contributed by atoms with Crippen LogP contribution in [0.25, 0.3) is 0 Å². The Morgan fingerprint density at radius 1 is 1.56 bits per heavy atom. The van der Waals surface area contributed by atoms with Gasteiger partial charge >= 0.3 is 0 Å². The monoisotopic (exact) mass is 257 g/mol. The molecule has 90 valence electrons. The first-order valence-corrected chi connectivity index (χ1v) is 7.53. The first-order chi connectivity index (χ1) is 7.81. The van der Waals surface area contributed by atoms with Gasteiger partial charge in [-0.15, -0.1) is 23.1 Å². The first-order valence-electron chi connectivity index (χ1n) is 5.77. The molecule has 1 aromatic heterocycles. The van der Waals surface area contributed by atoms with Crippen LogP contribution in [0.5, 0.6) is 0 Å². The molecule has 2 atom stereocenters. The van der Waals surface area contributed by atoms with Crippen LogP contribution in [0.4, 0.5) is 0 Å². The van der Waals surface area contributed by atoms with Gasteiger partial charge in [-0.1, -0.05) is 6.92 Å². The van der Waals surface area contributed by atoms with Gasteiger partial charge < -0.3 is 10.1 Å². The van der Waals surface area contributed by atoms with Crippen molar-refractivity contribution >= 4 is 23.1 Å². The van der Waals surface area contributed by atoms with E-state index in [2.05, 4.69) is 23.7 Å². The average Bonchev–Trinajstić information content (AvgIpc) is 2.72. The molecule has 0 fully saturated rings. The second kappa shape index (κ2) is 6.05. The number of hydrogen-bond donors (Lipinski definition) is 1. The molecule has 0 saturated heterocycles. The number of rotatable bonds is 5. The number of nitrogens with one attached hydrogen (secondary N) is 1. The molecule has 0 radical (unpaired) electrons. The van der Waals surface area contributed by atoms with E-state index in [1.165, 1.54) is 16.2 Å². The Kier molecular flexibility index (Phi) is 4.70. The Hall–Kier alpha value is -0.0300. The Morgan fingerprint density at radius 3 is 3.25 bits per heavy atom. The summed E-state index contributed by atoms with van der Waals surface area (Å²) in [5.41, 5.74) is 1.51. The average molecular weight is 257 g/mol. The Balaban J connectivity index is 1.90. The highest BCUT2D eigenvalue weighted by Crippen LogP contribution is 2.43. The number of ether oxygens (including phenoxy) is 1. The van der Waals surface area contributed by atoms with Crippen molar-refractivity contribution in [2.24, 2.45) is 0 Å². The van der Waals surface area contributed by atoms with Crippen LogP contribution in [0.1, 0.15) is 31.4 Å². The summed E-state index contributed by atoms with van der Waals surface area (Å²) in [7, 11) is 1.76. The van der Waals surface area contributed by atoms with Crippen LogP contribution in [0.15, 0.2) is 15.7 Å². The predicted octanol–water partition coefficient (Wildman–Crippen LogP) is 3.30. The molecule has 4 heteroatoms. The maximum Gasteiger partial charge on any atom is 0.0649 e. The molecule has 16 heavy (non-hydrogen) atoms. The highest BCUT2D eigenvalue weighted by Gasteiger charge is 2.25. The van der Waals surface area contributed by atoms with E-state index in [1.807, 2.05) is 23.1 Å². The van der Waals surface area contributed by atoms with Crippen molar-refractivity contribution in [1.29, 1.82) is 0 Å². The fourth-order valence-electron chi connectivity index (χ4n) is 2.04. The summed E-state index contributed by atoms with van der Waals surface area (Å²) in [5, 5.41) is 6.58. The van der Waals surface area contributed by atoms with Crippen LogP contribution < -0.4 is 5.32 Å². The summed E-state index contributed by atoms with van der Waals surface area (Å²) in [4.78, 5) is 0. The van der Waals surface area contributed by atoms with Gasteiger partial charge in [0.25, 0.3) is 0 Å². The highest BCUT2D eigenvalue weighted by molar-refractivity contribution is 8.01. The van der Waals surface area contributed by atoms with E-state index in [4.69, 9.17) is 4.74 Å². The fourth-order valence-corrected chi connectivity index (χ4v) is 4.60. The van der Waals surface area contributed by atoms with Crippen LogP contribution in [0, 0.1) is 0 Å². The van der Waals surface area contributed by atoms with Gasteiger partial charge in [0.15, 0.2) is 0 Å². The lowest BCUT2D eigenvalue weighted by Crippen LogP contribution is -2.27. The molecule has 2 nitrogen and oxygen atoms in total. The van der Waals surface area contributed by atoms with Gasteiger partial charge in [0.2, 0.25) is 0 Å². The molecule has 0 amide bonds. The Morgan fingerprint density at radius 2 is 2.44 bits per heavy atom. The molecule has 1 aromatic rings. The quantitative estimate of drug-likeness (QED) is 0.818. The second-order valence-corrected chi connectivity index (χ2v) is 6.80. The van der Waals surface area contributed by atoms with Gasteiger partial charge in [0.1, 0.15) is 0 Å². The van der Waals surface area contributed by atoms with Crippen LogP contribution in [0.2, 0.25) is 0 Å². The summed E-state index contributed by atoms with van der Waals surface area (Å²) in [5.74, 6) is 0. The van der Waals surface area contributed by atoms with E-state index < -0.39 is 0 Å². The van der Waals surface area contributed by atoms with Crippen molar-refractivity contribution in [3.05, 3.63) is 17.0 Å². The lowest BCUT2D eigenvalue weighted by atomic mass is 10.0. The van der Waals surface area contributed by atoms with Gasteiger partial charge in [-0.3, -0.25) is 0 Å². The molecule has 2 heterocycles. The zero-order chi connectivity index (χ0) is 11.4. The van der Waals surface area contributed by atoms with Crippen LogP contribution in [-0.2, 0) is 4.74 Å². The number of methoxy groups -OCH3 is 1. The molecule has 0 saturated carbocycles. The van der Waals surface area contributed by atoms with Crippen molar-refractivity contribution in [3.8, 4) is 0 Å². The number of thioether (sulfide) groups is 1. The van der Waals surface area contributed by atoms with Crippen molar-refractivity contribution in [1.82, 2.24) is 5.32 Å². The minimum absolute atomic E-state index is 0.550.